The van der Waals surface area contributed by atoms with Gasteiger partial charge in [0, 0.05) is 43.3 Å². The molecule has 26 heavy (non-hydrogen) atoms. The molecule has 0 radical (unpaired) electrons. The number of aromatic nitrogens is 2. The van der Waals surface area contributed by atoms with Crippen molar-refractivity contribution in [3.05, 3.63) is 45.7 Å². The van der Waals surface area contributed by atoms with Crippen molar-refractivity contribution in [3.63, 3.8) is 0 Å². The van der Waals surface area contributed by atoms with Crippen LogP contribution in [0.5, 0.6) is 0 Å². The van der Waals surface area contributed by atoms with E-state index in [2.05, 4.69) is 9.97 Å². The lowest BCUT2D eigenvalue weighted by Gasteiger charge is -2.21. The van der Waals surface area contributed by atoms with E-state index in [1.165, 1.54) is 21.8 Å². The van der Waals surface area contributed by atoms with Crippen molar-refractivity contribution in [1.82, 2.24) is 19.2 Å². The van der Waals surface area contributed by atoms with Crippen LogP contribution < -0.4 is 0 Å². The van der Waals surface area contributed by atoms with Gasteiger partial charge in [-0.15, -0.1) is 11.3 Å². The predicted molar refractivity (Wildman–Crippen MR) is 98.3 cm³/mol. The van der Waals surface area contributed by atoms with Gasteiger partial charge in [-0.1, -0.05) is 0 Å². The minimum atomic E-state index is -3.42. The molecule has 2 aromatic heterocycles. The highest BCUT2D eigenvalue weighted by Gasteiger charge is 2.52. The average Bonchev–Trinajstić information content (AvgIpc) is 3.25. The molecule has 0 spiro atoms. The van der Waals surface area contributed by atoms with Crippen LogP contribution >= 0.6 is 11.3 Å². The first kappa shape index (κ1) is 17.6. The largest absolute Gasteiger partial charge is 0.337 e. The molecule has 2 aromatic rings. The lowest BCUT2D eigenvalue weighted by atomic mass is 10.1. The number of likely N-dealkylation sites (tertiary alicyclic amines) is 1. The summed E-state index contributed by atoms with van der Waals surface area (Å²) in [5.74, 6) is -0.200. The number of nitrogens with zero attached hydrogens (tertiary/aromatic N) is 4. The van der Waals surface area contributed by atoms with E-state index in [0.717, 1.165) is 16.3 Å². The number of pyridine rings is 1. The van der Waals surface area contributed by atoms with Gasteiger partial charge in [-0.25, -0.2) is 13.4 Å². The zero-order valence-electron chi connectivity index (χ0n) is 14.6. The van der Waals surface area contributed by atoms with Crippen LogP contribution in [0.3, 0.4) is 0 Å². The Morgan fingerprint density at radius 1 is 1.27 bits per heavy atom. The number of amides is 1. The molecule has 4 rings (SSSR count). The van der Waals surface area contributed by atoms with Crippen LogP contribution in [-0.4, -0.2) is 58.4 Å². The molecule has 0 bridgehead atoms. The lowest BCUT2D eigenvalue weighted by Crippen LogP contribution is -2.36. The number of fused-ring (bicyclic) bond motifs is 1. The lowest BCUT2D eigenvalue weighted by molar-refractivity contribution is 0.0784. The third-order valence-electron chi connectivity index (χ3n) is 4.98. The Labute approximate surface area is 156 Å². The Hall–Kier alpha value is -1.84. The van der Waals surface area contributed by atoms with Gasteiger partial charge < -0.3 is 4.90 Å². The first-order valence-corrected chi connectivity index (χ1v) is 10.8. The Balaban J connectivity index is 1.49. The molecule has 2 aliphatic rings. The second-order valence-corrected chi connectivity index (χ2v) is 10.2. The van der Waals surface area contributed by atoms with Crippen molar-refractivity contribution in [3.8, 4) is 0 Å². The SMILES string of the molecule is Cc1cncc(C(=O)N2CC3CN(Cc4csc(C)n4)S(=O)(=O)C3C2)c1. The van der Waals surface area contributed by atoms with Gasteiger partial charge in [0.1, 0.15) is 0 Å². The fourth-order valence-electron chi connectivity index (χ4n) is 3.75. The Morgan fingerprint density at radius 2 is 2.08 bits per heavy atom. The van der Waals surface area contributed by atoms with Gasteiger partial charge in [-0.2, -0.15) is 4.31 Å². The molecular weight excluding hydrogens is 372 g/mol. The van der Waals surface area contributed by atoms with Crippen molar-refractivity contribution in [2.75, 3.05) is 19.6 Å². The van der Waals surface area contributed by atoms with Crippen LogP contribution in [0.1, 0.15) is 26.6 Å². The third-order valence-corrected chi connectivity index (χ3v) is 8.10. The number of carbonyl (C=O) groups excluding carboxylic acids is 1. The molecule has 7 nitrogen and oxygen atoms in total. The topological polar surface area (TPSA) is 83.5 Å². The molecular formula is C17H20N4O3S2. The van der Waals surface area contributed by atoms with Crippen LogP contribution in [0.25, 0.3) is 0 Å². The Morgan fingerprint density at radius 3 is 2.73 bits per heavy atom. The normalized spacial score (nSPS) is 24.8. The molecule has 0 saturated carbocycles. The summed E-state index contributed by atoms with van der Waals surface area (Å²) in [5.41, 5.74) is 2.21. The summed E-state index contributed by atoms with van der Waals surface area (Å²) in [4.78, 5) is 22.8. The van der Waals surface area contributed by atoms with Crippen molar-refractivity contribution >= 4 is 27.3 Å². The molecule has 0 aromatic carbocycles. The maximum atomic E-state index is 12.9. The summed E-state index contributed by atoms with van der Waals surface area (Å²) < 4.78 is 27.3. The van der Waals surface area contributed by atoms with Crippen LogP contribution in [0.4, 0.5) is 0 Å². The molecule has 2 atom stereocenters. The summed E-state index contributed by atoms with van der Waals surface area (Å²) in [6.45, 7) is 5.25. The fourth-order valence-corrected chi connectivity index (χ4v) is 6.47. The van der Waals surface area contributed by atoms with E-state index >= 15 is 0 Å². The third kappa shape index (κ3) is 3.04. The number of carbonyl (C=O) groups is 1. The molecule has 0 N–H and O–H groups in total. The number of hydrogen-bond donors (Lipinski definition) is 0. The molecule has 138 valence electrons. The van der Waals surface area contributed by atoms with Crippen LogP contribution in [0.15, 0.2) is 23.8 Å². The molecule has 2 unspecified atom stereocenters. The highest BCUT2D eigenvalue weighted by molar-refractivity contribution is 7.90. The van der Waals surface area contributed by atoms with Gasteiger partial charge in [0.2, 0.25) is 10.0 Å². The Bertz CT molecular complexity index is 956. The van der Waals surface area contributed by atoms with E-state index < -0.39 is 15.3 Å². The minimum Gasteiger partial charge on any atom is -0.337 e. The summed E-state index contributed by atoms with van der Waals surface area (Å²) in [6, 6.07) is 1.79. The minimum absolute atomic E-state index is 0.0542. The van der Waals surface area contributed by atoms with Crippen molar-refractivity contribution in [2.24, 2.45) is 5.92 Å². The van der Waals surface area contributed by atoms with E-state index in [0.29, 0.717) is 25.2 Å². The van der Waals surface area contributed by atoms with E-state index in [4.69, 9.17) is 0 Å². The van der Waals surface area contributed by atoms with Crippen molar-refractivity contribution < 1.29 is 13.2 Å². The maximum Gasteiger partial charge on any atom is 0.255 e. The molecule has 0 aliphatic carbocycles. The predicted octanol–water partition coefficient (Wildman–Crippen LogP) is 1.44. The Kier molecular flexibility index (Phi) is 4.32. The first-order valence-electron chi connectivity index (χ1n) is 8.45. The molecule has 4 heterocycles. The maximum absolute atomic E-state index is 12.9. The summed E-state index contributed by atoms with van der Waals surface area (Å²) in [6.07, 6.45) is 3.23. The number of hydrogen-bond acceptors (Lipinski definition) is 6. The van der Waals surface area contributed by atoms with Gasteiger partial charge in [-0.3, -0.25) is 9.78 Å². The molecule has 2 fully saturated rings. The van der Waals surface area contributed by atoms with Crippen molar-refractivity contribution in [1.29, 1.82) is 0 Å². The van der Waals surface area contributed by atoms with E-state index in [1.807, 2.05) is 19.2 Å². The highest BCUT2D eigenvalue weighted by atomic mass is 32.2. The van der Waals surface area contributed by atoms with E-state index in [1.54, 1.807) is 17.2 Å². The second-order valence-electron chi connectivity index (χ2n) is 6.95. The quantitative estimate of drug-likeness (QED) is 0.789. The summed E-state index contributed by atoms with van der Waals surface area (Å²) in [7, 11) is -3.42. The summed E-state index contributed by atoms with van der Waals surface area (Å²) in [5, 5.41) is 2.31. The van der Waals surface area contributed by atoms with Gasteiger partial charge in [0.05, 0.1) is 28.1 Å². The zero-order chi connectivity index (χ0) is 18.5. The molecule has 2 aliphatic heterocycles. The molecule has 1 amide bonds. The fraction of sp³-hybridized carbons (Fsp3) is 0.471. The average molecular weight is 393 g/mol. The van der Waals surface area contributed by atoms with Crippen LogP contribution in [-0.2, 0) is 16.6 Å². The van der Waals surface area contributed by atoms with E-state index in [-0.39, 0.29) is 18.4 Å². The monoisotopic (exact) mass is 392 g/mol. The molecule has 2 saturated heterocycles. The second kappa shape index (κ2) is 6.40. The standard InChI is InChI=1S/C17H20N4O3S2/c1-11-3-13(5-18-4-11)17(22)20-6-14-7-21(26(23,24)16(14)9-20)8-15-10-25-12(2)19-15/h3-5,10,14,16H,6-9H2,1-2H3. The van der Waals surface area contributed by atoms with Crippen molar-refractivity contribution in [2.45, 2.75) is 25.6 Å². The van der Waals surface area contributed by atoms with Crippen LogP contribution in [0.2, 0.25) is 0 Å². The van der Waals surface area contributed by atoms with Gasteiger partial charge in [0.25, 0.3) is 5.91 Å². The first-order chi connectivity index (χ1) is 12.3. The van der Waals surface area contributed by atoms with E-state index in [9.17, 15) is 13.2 Å². The summed E-state index contributed by atoms with van der Waals surface area (Å²) >= 11 is 1.52. The van der Waals surface area contributed by atoms with Gasteiger partial charge in [-0.05, 0) is 25.5 Å². The molecule has 9 heteroatoms. The van der Waals surface area contributed by atoms with Gasteiger partial charge >= 0.3 is 0 Å². The smallest absolute Gasteiger partial charge is 0.255 e. The number of sulfonamides is 1. The number of thiazole rings is 1. The number of aryl methyl sites for hydroxylation is 2. The number of rotatable bonds is 3. The van der Waals surface area contributed by atoms with Crippen LogP contribution in [0, 0.1) is 19.8 Å². The zero-order valence-corrected chi connectivity index (χ0v) is 16.3. The van der Waals surface area contributed by atoms with Gasteiger partial charge in [0.15, 0.2) is 0 Å². The highest BCUT2D eigenvalue weighted by Crippen LogP contribution is 2.35.